The van der Waals surface area contributed by atoms with Crippen LogP contribution in [0.5, 0.6) is 0 Å². The normalized spacial score (nSPS) is 11.2. The van der Waals surface area contributed by atoms with E-state index in [-0.39, 0.29) is 0 Å². The van der Waals surface area contributed by atoms with Crippen LogP contribution in [0.1, 0.15) is 17.5 Å². The fraction of sp³-hybridized carbons (Fsp3) is 0.357. The zero-order valence-electron chi connectivity index (χ0n) is 11.9. The number of hydrogen-bond donors (Lipinski definition) is 0. The third kappa shape index (κ3) is 2.16. The van der Waals surface area contributed by atoms with Crippen molar-refractivity contribution in [2.45, 2.75) is 26.9 Å². The molecule has 3 heterocycles. The minimum Gasteiger partial charge on any atom is -0.353 e. The summed E-state index contributed by atoms with van der Waals surface area (Å²) < 4.78 is 1.98. The number of fused-ring (bicyclic) bond motifs is 1. The second-order valence-electron chi connectivity index (χ2n) is 4.73. The first-order valence-corrected chi connectivity index (χ1v) is 7.50. The molecule has 0 aliphatic heterocycles. The molecule has 0 atom stereocenters. The quantitative estimate of drug-likeness (QED) is 0.740. The maximum Gasteiger partial charge on any atom is 0.158 e. The van der Waals surface area contributed by atoms with Crippen molar-refractivity contribution in [2.24, 2.45) is 0 Å². The van der Waals surface area contributed by atoms with Gasteiger partial charge in [-0.2, -0.15) is 5.10 Å². The number of nitrogens with zero attached hydrogens (tertiary/aromatic N) is 5. The van der Waals surface area contributed by atoms with Gasteiger partial charge in [-0.15, -0.1) is 11.3 Å². The van der Waals surface area contributed by atoms with Crippen molar-refractivity contribution in [1.82, 2.24) is 19.7 Å². The fourth-order valence-electron chi connectivity index (χ4n) is 2.37. The summed E-state index contributed by atoms with van der Waals surface area (Å²) in [4.78, 5) is 12.3. The second kappa shape index (κ2) is 5.20. The number of aryl methyl sites for hydroxylation is 2. The average Bonchev–Trinajstić information content (AvgIpc) is 3.07. The third-order valence-electron chi connectivity index (χ3n) is 3.31. The van der Waals surface area contributed by atoms with Crippen molar-refractivity contribution in [3.05, 3.63) is 34.4 Å². The monoisotopic (exact) mass is 287 g/mol. The lowest BCUT2D eigenvalue weighted by atomic mass is 10.3. The lowest BCUT2D eigenvalue weighted by Crippen LogP contribution is -2.18. The van der Waals surface area contributed by atoms with Crippen molar-refractivity contribution < 1.29 is 0 Å². The number of anilines is 1. The highest BCUT2D eigenvalue weighted by molar-refractivity contribution is 7.09. The van der Waals surface area contributed by atoms with E-state index in [1.54, 1.807) is 17.7 Å². The van der Waals surface area contributed by atoms with Crippen molar-refractivity contribution in [1.29, 1.82) is 0 Å². The summed E-state index contributed by atoms with van der Waals surface area (Å²) in [6, 6.07) is 4.21. The molecule has 0 radical (unpaired) electrons. The highest BCUT2D eigenvalue weighted by atomic mass is 32.1. The Hall–Kier alpha value is -1.95. The van der Waals surface area contributed by atoms with Crippen LogP contribution in [0.25, 0.3) is 11.0 Å². The Kier molecular flexibility index (Phi) is 3.40. The Balaban J connectivity index is 2.06. The van der Waals surface area contributed by atoms with Gasteiger partial charge >= 0.3 is 0 Å². The molecule has 0 spiro atoms. The van der Waals surface area contributed by atoms with Crippen molar-refractivity contribution in [3.63, 3.8) is 0 Å². The van der Waals surface area contributed by atoms with Crippen LogP contribution in [0.3, 0.4) is 0 Å². The number of rotatable bonds is 4. The molecule has 0 saturated carbocycles. The summed E-state index contributed by atoms with van der Waals surface area (Å²) >= 11 is 1.76. The van der Waals surface area contributed by atoms with E-state index in [9.17, 15) is 0 Å². The van der Waals surface area contributed by atoms with Crippen molar-refractivity contribution >= 4 is 28.2 Å². The highest BCUT2D eigenvalue weighted by Crippen LogP contribution is 2.26. The van der Waals surface area contributed by atoms with Crippen LogP contribution in [-0.2, 0) is 13.1 Å². The molecule has 0 N–H and O–H groups in total. The van der Waals surface area contributed by atoms with E-state index in [0.29, 0.717) is 0 Å². The molecule has 0 amide bonds. The Morgan fingerprint density at radius 3 is 2.90 bits per heavy atom. The zero-order chi connectivity index (χ0) is 14.1. The first kappa shape index (κ1) is 13.1. The molecule has 20 heavy (non-hydrogen) atoms. The van der Waals surface area contributed by atoms with Gasteiger partial charge in [0, 0.05) is 18.5 Å². The minimum atomic E-state index is 0.817. The van der Waals surface area contributed by atoms with Gasteiger partial charge in [-0.05, 0) is 25.3 Å². The van der Waals surface area contributed by atoms with E-state index in [4.69, 9.17) is 0 Å². The van der Waals surface area contributed by atoms with Crippen LogP contribution in [0.15, 0.2) is 23.8 Å². The molecular weight excluding hydrogens is 270 g/mol. The predicted octanol–water partition coefficient (Wildman–Crippen LogP) is 2.85. The minimum absolute atomic E-state index is 0.817. The largest absolute Gasteiger partial charge is 0.353 e. The first-order valence-electron chi connectivity index (χ1n) is 6.62. The maximum atomic E-state index is 4.54. The van der Waals surface area contributed by atoms with Crippen molar-refractivity contribution in [3.8, 4) is 0 Å². The van der Waals surface area contributed by atoms with Crippen LogP contribution in [-0.4, -0.2) is 26.8 Å². The molecule has 0 bridgehead atoms. The molecule has 3 aromatic heterocycles. The fourth-order valence-corrected chi connectivity index (χ4v) is 3.13. The molecule has 0 fully saturated rings. The molecule has 5 nitrogen and oxygen atoms in total. The van der Waals surface area contributed by atoms with Crippen LogP contribution in [0.4, 0.5) is 5.82 Å². The zero-order valence-corrected chi connectivity index (χ0v) is 12.7. The molecule has 0 aliphatic carbocycles. The van der Waals surface area contributed by atoms with Gasteiger partial charge in [-0.1, -0.05) is 6.07 Å². The summed E-state index contributed by atoms with van der Waals surface area (Å²) in [5.41, 5.74) is 2.91. The standard InChI is InChI=1S/C14H17N5S/c1-4-19-13-12(10(2)17-19)15-9-16-14(13)18(3)8-11-6-5-7-20-11/h5-7,9H,4,8H2,1-3H3. The molecular formula is C14H17N5S. The molecule has 0 aliphatic rings. The Morgan fingerprint density at radius 1 is 1.35 bits per heavy atom. The van der Waals surface area contributed by atoms with E-state index in [2.05, 4.69) is 51.5 Å². The highest BCUT2D eigenvalue weighted by Gasteiger charge is 2.16. The van der Waals surface area contributed by atoms with Crippen LogP contribution in [0.2, 0.25) is 0 Å². The first-order chi connectivity index (χ1) is 9.70. The summed E-state index contributed by atoms with van der Waals surface area (Å²) in [6.45, 7) is 5.74. The van der Waals surface area contributed by atoms with E-state index in [1.807, 2.05) is 11.6 Å². The van der Waals surface area contributed by atoms with Crippen LogP contribution in [0, 0.1) is 6.92 Å². The van der Waals surface area contributed by atoms with Crippen LogP contribution >= 0.6 is 11.3 Å². The van der Waals surface area contributed by atoms with E-state index >= 15 is 0 Å². The SMILES string of the molecule is CCn1nc(C)c2ncnc(N(C)Cc3cccs3)c21. The van der Waals surface area contributed by atoms with Gasteiger partial charge in [0.05, 0.1) is 12.2 Å². The number of thiophene rings is 1. The lowest BCUT2D eigenvalue weighted by molar-refractivity contribution is 0.674. The van der Waals surface area contributed by atoms with Crippen LogP contribution < -0.4 is 4.90 Å². The van der Waals surface area contributed by atoms with E-state index in [0.717, 1.165) is 35.6 Å². The lowest BCUT2D eigenvalue weighted by Gasteiger charge is -2.18. The predicted molar refractivity (Wildman–Crippen MR) is 82.2 cm³/mol. The third-order valence-corrected chi connectivity index (χ3v) is 4.17. The Bertz CT molecular complexity index is 717. The molecule has 3 aromatic rings. The number of hydrogen-bond acceptors (Lipinski definition) is 5. The van der Waals surface area contributed by atoms with Gasteiger partial charge in [0.1, 0.15) is 17.4 Å². The van der Waals surface area contributed by atoms with Gasteiger partial charge in [-0.3, -0.25) is 4.68 Å². The van der Waals surface area contributed by atoms with E-state index in [1.165, 1.54) is 4.88 Å². The maximum absolute atomic E-state index is 4.54. The van der Waals surface area contributed by atoms with Crippen molar-refractivity contribution in [2.75, 3.05) is 11.9 Å². The summed E-state index contributed by atoms with van der Waals surface area (Å²) in [7, 11) is 2.06. The molecule has 0 aromatic carbocycles. The average molecular weight is 287 g/mol. The Morgan fingerprint density at radius 2 is 2.20 bits per heavy atom. The van der Waals surface area contributed by atoms with Gasteiger partial charge in [0.2, 0.25) is 0 Å². The van der Waals surface area contributed by atoms with Gasteiger partial charge < -0.3 is 4.90 Å². The van der Waals surface area contributed by atoms with Gasteiger partial charge in [0.15, 0.2) is 5.82 Å². The molecule has 3 rings (SSSR count). The molecule has 0 saturated heterocycles. The Labute approximate surface area is 121 Å². The molecule has 104 valence electrons. The molecule has 6 heteroatoms. The van der Waals surface area contributed by atoms with E-state index < -0.39 is 0 Å². The summed E-state index contributed by atoms with van der Waals surface area (Å²) in [5, 5.41) is 6.63. The summed E-state index contributed by atoms with van der Waals surface area (Å²) in [6.07, 6.45) is 1.62. The van der Waals surface area contributed by atoms with Gasteiger partial charge in [0.25, 0.3) is 0 Å². The number of aromatic nitrogens is 4. The van der Waals surface area contributed by atoms with Gasteiger partial charge in [-0.25, -0.2) is 9.97 Å². The summed E-state index contributed by atoms with van der Waals surface area (Å²) in [5.74, 6) is 0.936. The second-order valence-corrected chi connectivity index (χ2v) is 5.76. The smallest absolute Gasteiger partial charge is 0.158 e. The topological polar surface area (TPSA) is 46.8 Å². The molecule has 0 unspecified atom stereocenters.